The van der Waals surface area contributed by atoms with Crippen LogP contribution < -0.4 is 0 Å². The lowest BCUT2D eigenvalue weighted by atomic mass is 9.37. The number of esters is 3. The average molecular weight is 545 g/mol. The third kappa shape index (κ3) is 3.07. The molecule has 1 aromatic carbocycles. The molecule has 5 aliphatic rings. The largest absolute Gasteiger partial charge is 0.467 e. The van der Waals surface area contributed by atoms with Gasteiger partial charge in [0.1, 0.15) is 18.3 Å². The molecule has 210 valence electrons. The first kappa shape index (κ1) is 26.4. The summed E-state index contributed by atoms with van der Waals surface area (Å²) in [5, 5.41) is 34.7. The second-order valence-corrected chi connectivity index (χ2v) is 12.0. The number of carbonyl (C=O) groups excluding carboxylic acids is 4. The molecule has 6 rings (SSSR count). The van der Waals surface area contributed by atoms with Crippen LogP contribution in [0.4, 0.5) is 0 Å². The molecule has 2 bridgehead atoms. The van der Waals surface area contributed by atoms with Crippen molar-refractivity contribution in [2.45, 2.75) is 62.8 Å². The van der Waals surface area contributed by atoms with E-state index in [4.69, 9.17) is 18.9 Å². The summed E-state index contributed by atoms with van der Waals surface area (Å²) in [7, 11) is 1.09. The van der Waals surface area contributed by atoms with Crippen molar-refractivity contribution in [1.82, 2.24) is 0 Å². The van der Waals surface area contributed by atoms with Gasteiger partial charge in [0.2, 0.25) is 11.7 Å². The maximum atomic E-state index is 13.6. The molecule has 12 atom stereocenters. The number of ketones is 1. The van der Waals surface area contributed by atoms with Crippen molar-refractivity contribution in [3.8, 4) is 0 Å². The lowest BCUT2D eigenvalue weighted by Gasteiger charge is -2.68. The van der Waals surface area contributed by atoms with E-state index in [2.05, 4.69) is 0 Å². The average Bonchev–Trinajstić information content (AvgIpc) is 3.23. The van der Waals surface area contributed by atoms with E-state index in [1.54, 1.807) is 25.1 Å². The monoisotopic (exact) mass is 544 g/mol. The van der Waals surface area contributed by atoms with Crippen molar-refractivity contribution in [1.29, 1.82) is 0 Å². The van der Waals surface area contributed by atoms with E-state index in [1.807, 2.05) is 6.92 Å². The molecule has 2 heterocycles. The highest BCUT2D eigenvalue weighted by atomic mass is 16.6. The number of rotatable bonds is 3. The van der Waals surface area contributed by atoms with E-state index in [0.717, 1.165) is 7.11 Å². The molecule has 5 fully saturated rings. The fourth-order valence-corrected chi connectivity index (χ4v) is 8.99. The van der Waals surface area contributed by atoms with E-state index >= 15 is 0 Å². The molecular formula is C28H32O11. The van der Waals surface area contributed by atoms with Crippen molar-refractivity contribution >= 4 is 23.7 Å². The van der Waals surface area contributed by atoms with Crippen molar-refractivity contribution in [2.24, 2.45) is 34.5 Å². The van der Waals surface area contributed by atoms with Gasteiger partial charge in [0.25, 0.3) is 0 Å². The summed E-state index contributed by atoms with van der Waals surface area (Å²) in [6.45, 7) is 3.30. The molecular weight excluding hydrogens is 512 g/mol. The minimum atomic E-state index is -2.26. The zero-order valence-corrected chi connectivity index (χ0v) is 21.8. The summed E-state index contributed by atoms with van der Waals surface area (Å²) in [6.07, 6.45) is -7.32. The summed E-state index contributed by atoms with van der Waals surface area (Å²) in [5.41, 5.74) is -4.76. The van der Waals surface area contributed by atoms with Crippen molar-refractivity contribution < 1.29 is 53.4 Å². The number of hydrogen-bond acceptors (Lipinski definition) is 11. The van der Waals surface area contributed by atoms with Crippen LogP contribution in [0.1, 0.15) is 37.0 Å². The van der Waals surface area contributed by atoms with Crippen LogP contribution in [0.5, 0.6) is 0 Å². The molecule has 2 aliphatic heterocycles. The quantitative estimate of drug-likeness (QED) is 0.347. The van der Waals surface area contributed by atoms with Gasteiger partial charge in [0.15, 0.2) is 5.78 Å². The lowest BCUT2D eigenvalue weighted by molar-refractivity contribution is -0.305. The predicted molar refractivity (Wildman–Crippen MR) is 129 cm³/mol. The van der Waals surface area contributed by atoms with Crippen LogP contribution in [-0.2, 0) is 33.3 Å². The number of fused-ring (bicyclic) bond motifs is 2. The number of Topliss-reactive ketones (excluding diaryl/α,β-unsaturated/α-hetero) is 1. The Labute approximate surface area is 224 Å². The first-order chi connectivity index (χ1) is 18.5. The van der Waals surface area contributed by atoms with Gasteiger partial charge in [0, 0.05) is 23.2 Å². The zero-order valence-electron chi connectivity index (χ0n) is 21.8. The highest BCUT2D eigenvalue weighted by Gasteiger charge is 2.86. The molecule has 0 radical (unpaired) electrons. The fourth-order valence-electron chi connectivity index (χ4n) is 8.99. The van der Waals surface area contributed by atoms with Crippen LogP contribution in [0.15, 0.2) is 30.3 Å². The molecule has 2 saturated heterocycles. The maximum absolute atomic E-state index is 13.6. The van der Waals surface area contributed by atoms with Crippen LogP contribution in [0, 0.1) is 34.5 Å². The van der Waals surface area contributed by atoms with Gasteiger partial charge in [-0.1, -0.05) is 32.0 Å². The molecule has 3 N–H and O–H groups in total. The van der Waals surface area contributed by atoms with Gasteiger partial charge in [0.05, 0.1) is 31.3 Å². The van der Waals surface area contributed by atoms with Gasteiger partial charge in [-0.15, -0.1) is 0 Å². The molecule has 1 aromatic rings. The number of benzene rings is 1. The van der Waals surface area contributed by atoms with Crippen LogP contribution in [-0.4, -0.2) is 88.8 Å². The second kappa shape index (κ2) is 8.57. The SMILES string of the molecule is COC(=O)[C@@]12OC[C@]34[C@H]([C@@H](O)[C@@H]1O)[C@@]1(C)[C@H](O)C(=O)CC(C)[C@@H]1C[C@H]3OC(=O)[C@H](OC(=O)c1ccccc1)[C@@H]24. The minimum Gasteiger partial charge on any atom is -0.467 e. The van der Waals surface area contributed by atoms with Gasteiger partial charge < -0.3 is 34.3 Å². The summed E-state index contributed by atoms with van der Waals surface area (Å²) in [6, 6.07) is 7.94. The molecule has 1 spiro atoms. The topological polar surface area (TPSA) is 166 Å². The number of aliphatic hydroxyl groups excluding tert-OH is 3. The highest BCUT2D eigenvalue weighted by molar-refractivity contribution is 5.93. The van der Waals surface area contributed by atoms with Gasteiger partial charge in [-0.05, 0) is 30.4 Å². The maximum Gasteiger partial charge on any atom is 0.348 e. The molecule has 11 heteroatoms. The third-order valence-electron chi connectivity index (χ3n) is 10.5. The summed E-state index contributed by atoms with van der Waals surface area (Å²) >= 11 is 0. The highest BCUT2D eigenvalue weighted by Crippen LogP contribution is 2.72. The Hall–Kier alpha value is -2.86. The molecule has 0 amide bonds. The van der Waals surface area contributed by atoms with Crippen LogP contribution in [0.2, 0.25) is 0 Å². The number of aliphatic hydroxyl groups is 3. The Morgan fingerprint density at radius 2 is 1.77 bits per heavy atom. The van der Waals surface area contributed by atoms with E-state index < -0.39 is 82.5 Å². The summed E-state index contributed by atoms with van der Waals surface area (Å²) < 4.78 is 22.8. The molecule has 3 aliphatic carbocycles. The molecule has 3 saturated carbocycles. The van der Waals surface area contributed by atoms with Crippen LogP contribution in [0.3, 0.4) is 0 Å². The van der Waals surface area contributed by atoms with Crippen LogP contribution in [0.25, 0.3) is 0 Å². The Bertz CT molecular complexity index is 1230. The predicted octanol–water partition coefficient (Wildman–Crippen LogP) is 0.0296. The van der Waals surface area contributed by atoms with Gasteiger partial charge in [-0.25, -0.2) is 14.4 Å². The first-order valence-electron chi connectivity index (χ1n) is 13.2. The van der Waals surface area contributed by atoms with Crippen molar-refractivity contribution in [3.63, 3.8) is 0 Å². The van der Waals surface area contributed by atoms with Crippen LogP contribution >= 0.6 is 0 Å². The van der Waals surface area contributed by atoms with E-state index in [0.29, 0.717) is 0 Å². The van der Waals surface area contributed by atoms with Crippen molar-refractivity contribution in [2.75, 3.05) is 13.7 Å². The minimum absolute atomic E-state index is 0.115. The number of ether oxygens (including phenoxy) is 4. The zero-order chi connectivity index (χ0) is 28.1. The third-order valence-corrected chi connectivity index (χ3v) is 10.5. The number of carbonyl (C=O) groups is 4. The van der Waals surface area contributed by atoms with Crippen molar-refractivity contribution in [3.05, 3.63) is 35.9 Å². The standard InChI is InChI=1S/C28H32O11/c1-12-9-15(29)21(31)26(2)14(12)10-16-27-11-37-28(25(35)36-3,22(32)17(30)19(26)27)20(27)18(24(34)38-16)39-23(33)13-7-5-4-6-8-13/h4-8,12,14,16-22,30-32H,9-11H2,1-3H3/t12?,14-,16+,17+,18+,19+,20+,21+,22-,26-,27+,28-/m0/s1. The fraction of sp³-hybridized carbons (Fsp3) is 0.643. The summed E-state index contributed by atoms with van der Waals surface area (Å²) in [4.78, 5) is 53.1. The first-order valence-corrected chi connectivity index (χ1v) is 13.2. The Morgan fingerprint density at radius 1 is 1.08 bits per heavy atom. The van der Waals surface area contributed by atoms with E-state index in [-0.39, 0.29) is 36.8 Å². The number of hydrogen-bond donors (Lipinski definition) is 3. The Kier molecular flexibility index (Phi) is 5.79. The van der Waals surface area contributed by atoms with Gasteiger partial charge in [-0.3, -0.25) is 4.79 Å². The lowest BCUT2D eigenvalue weighted by Crippen LogP contribution is -2.80. The summed E-state index contributed by atoms with van der Waals surface area (Å²) in [5.74, 6) is -6.15. The van der Waals surface area contributed by atoms with Gasteiger partial charge >= 0.3 is 17.9 Å². The smallest absolute Gasteiger partial charge is 0.348 e. The normalized spacial score (nSPS) is 47.9. The Balaban J connectivity index is 1.55. The van der Waals surface area contributed by atoms with Gasteiger partial charge in [-0.2, -0.15) is 0 Å². The number of methoxy groups -OCH3 is 1. The van der Waals surface area contributed by atoms with E-state index in [9.17, 15) is 34.5 Å². The van der Waals surface area contributed by atoms with E-state index in [1.165, 1.54) is 12.1 Å². The second-order valence-electron chi connectivity index (χ2n) is 12.0. The molecule has 1 unspecified atom stereocenters. The molecule has 0 aromatic heterocycles. The molecule has 39 heavy (non-hydrogen) atoms. The Morgan fingerprint density at radius 3 is 2.44 bits per heavy atom. The molecule has 11 nitrogen and oxygen atoms in total.